The zero-order valence-electron chi connectivity index (χ0n) is 21.7. The van der Waals surface area contributed by atoms with Gasteiger partial charge in [-0.15, -0.1) is 0 Å². The average molecular weight is 450 g/mol. The molecule has 0 aliphatic carbocycles. The number of aryl methyl sites for hydroxylation is 1. The van der Waals surface area contributed by atoms with Gasteiger partial charge in [-0.05, 0) is 49.7 Å². The second-order valence-corrected chi connectivity index (χ2v) is 10.2. The maximum atomic E-state index is 13.3. The smallest absolute Gasteiger partial charge is 0.242 e. The van der Waals surface area contributed by atoms with Crippen molar-refractivity contribution < 1.29 is 14.3 Å². The van der Waals surface area contributed by atoms with Gasteiger partial charge in [-0.1, -0.05) is 41.0 Å². The Morgan fingerprint density at radius 3 is 2.34 bits per heavy atom. The summed E-state index contributed by atoms with van der Waals surface area (Å²) < 4.78 is 7.51. The molecule has 0 fully saturated rings. The first-order valence-electron chi connectivity index (χ1n) is 12.3. The molecule has 0 aromatic carbocycles. The number of hydrogen-bond acceptors (Lipinski definition) is 3. The maximum Gasteiger partial charge on any atom is 0.242 e. The van der Waals surface area contributed by atoms with Gasteiger partial charge in [0.15, 0.2) is 0 Å². The molecule has 0 aliphatic heterocycles. The van der Waals surface area contributed by atoms with E-state index in [0.29, 0.717) is 39.3 Å². The minimum absolute atomic E-state index is 0.0212. The second-order valence-electron chi connectivity index (χ2n) is 10.2. The van der Waals surface area contributed by atoms with Crippen LogP contribution in [-0.4, -0.2) is 59.0 Å². The monoisotopic (exact) mass is 449 g/mol. The summed E-state index contributed by atoms with van der Waals surface area (Å²) in [6, 6.07) is 4.05. The first-order valence-corrected chi connectivity index (χ1v) is 12.3. The van der Waals surface area contributed by atoms with Gasteiger partial charge in [0, 0.05) is 51.7 Å². The van der Waals surface area contributed by atoms with E-state index in [1.165, 1.54) is 0 Å². The molecule has 1 aromatic rings. The van der Waals surface area contributed by atoms with Crippen LogP contribution < -0.4 is 0 Å². The lowest BCUT2D eigenvalue weighted by atomic mass is 9.84. The lowest BCUT2D eigenvalue weighted by Crippen LogP contribution is -2.44. The average Bonchev–Trinajstić information content (AvgIpc) is 3.10. The van der Waals surface area contributed by atoms with Gasteiger partial charge in [-0.2, -0.15) is 0 Å². The number of carbonyl (C=O) groups is 2. The molecule has 1 atom stereocenters. The maximum absolute atomic E-state index is 13.3. The lowest BCUT2D eigenvalue weighted by molar-refractivity contribution is -0.141. The fourth-order valence-electron chi connectivity index (χ4n) is 4.10. The molecule has 0 bridgehead atoms. The van der Waals surface area contributed by atoms with Crippen LogP contribution in [0, 0.1) is 11.3 Å². The number of rotatable bonds is 15. The van der Waals surface area contributed by atoms with Gasteiger partial charge in [0.05, 0.1) is 13.1 Å². The van der Waals surface area contributed by atoms with Gasteiger partial charge in [0.1, 0.15) is 0 Å². The Hall–Kier alpha value is -1.82. The summed E-state index contributed by atoms with van der Waals surface area (Å²) in [5.74, 6) is 0.375. The highest BCUT2D eigenvalue weighted by Gasteiger charge is 2.24. The molecule has 184 valence electrons. The summed E-state index contributed by atoms with van der Waals surface area (Å²) in [4.78, 5) is 30.1. The van der Waals surface area contributed by atoms with Crippen molar-refractivity contribution in [1.29, 1.82) is 0 Å². The molecule has 0 N–H and O–H groups in total. The minimum Gasteiger partial charge on any atom is -0.382 e. The van der Waals surface area contributed by atoms with Crippen molar-refractivity contribution in [1.82, 2.24) is 14.4 Å². The van der Waals surface area contributed by atoms with E-state index in [9.17, 15) is 9.59 Å². The predicted molar refractivity (Wildman–Crippen MR) is 131 cm³/mol. The SMILES string of the molecule is CCCCN(Cc1cccn1C)C(=O)CN(CCCOCC)C(=O)CC(C)CC(C)(C)C. The highest BCUT2D eigenvalue weighted by atomic mass is 16.5. The number of nitrogens with zero attached hydrogens (tertiary/aromatic N) is 3. The lowest BCUT2D eigenvalue weighted by Gasteiger charge is -2.29. The van der Waals surface area contributed by atoms with E-state index in [1.54, 1.807) is 4.90 Å². The summed E-state index contributed by atoms with van der Waals surface area (Å²) in [6.07, 6.45) is 6.18. The minimum atomic E-state index is 0.0212. The Kier molecular flexibility index (Phi) is 12.7. The van der Waals surface area contributed by atoms with Crippen LogP contribution in [0.15, 0.2) is 18.3 Å². The normalized spacial score (nSPS) is 12.6. The van der Waals surface area contributed by atoms with E-state index < -0.39 is 0 Å². The van der Waals surface area contributed by atoms with Gasteiger partial charge >= 0.3 is 0 Å². The van der Waals surface area contributed by atoms with E-state index in [1.807, 2.05) is 41.8 Å². The third-order valence-corrected chi connectivity index (χ3v) is 5.62. The molecule has 0 radical (unpaired) electrons. The number of unbranched alkanes of at least 4 members (excludes halogenated alkanes) is 1. The summed E-state index contributed by atoms with van der Waals surface area (Å²) >= 11 is 0. The predicted octanol–water partition coefficient (Wildman–Crippen LogP) is 4.87. The summed E-state index contributed by atoms with van der Waals surface area (Å²) in [7, 11) is 2.00. The zero-order valence-corrected chi connectivity index (χ0v) is 21.7. The first kappa shape index (κ1) is 28.2. The molecule has 6 nitrogen and oxygen atoms in total. The molecule has 1 aromatic heterocycles. The van der Waals surface area contributed by atoms with Gasteiger partial charge in [0.25, 0.3) is 0 Å². The summed E-state index contributed by atoms with van der Waals surface area (Å²) in [5.41, 5.74) is 1.28. The van der Waals surface area contributed by atoms with Crippen LogP contribution >= 0.6 is 0 Å². The zero-order chi connectivity index (χ0) is 24.1. The van der Waals surface area contributed by atoms with Crippen molar-refractivity contribution in [2.45, 2.75) is 80.2 Å². The van der Waals surface area contributed by atoms with Crippen LogP contribution in [0.4, 0.5) is 0 Å². The van der Waals surface area contributed by atoms with Crippen molar-refractivity contribution in [2.75, 3.05) is 32.8 Å². The van der Waals surface area contributed by atoms with E-state index in [2.05, 4.69) is 34.6 Å². The van der Waals surface area contributed by atoms with Crippen LogP contribution in [0.5, 0.6) is 0 Å². The van der Waals surface area contributed by atoms with E-state index in [-0.39, 0.29) is 29.7 Å². The largest absolute Gasteiger partial charge is 0.382 e. The topological polar surface area (TPSA) is 54.8 Å². The van der Waals surface area contributed by atoms with Crippen molar-refractivity contribution in [2.24, 2.45) is 18.4 Å². The molecular weight excluding hydrogens is 402 g/mol. The molecule has 2 amide bonds. The molecule has 1 rings (SSSR count). The third kappa shape index (κ3) is 11.2. The fraction of sp³-hybridized carbons (Fsp3) is 0.769. The standard InChI is InChI=1S/C26H47N3O3/c1-8-10-15-28(20-23-13-11-14-27(23)7)25(31)21-29(16-12-17-32-9-2)24(30)18-22(3)19-26(4,5)6/h11,13-14,22H,8-10,12,15-21H2,1-7H3. The first-order chi connectivity index (χ1) is 15.1. The fourth-order valence-corrected chi connectivity index (χ4v) is 4.10. The van der Waals surface area contributed by atoms with Crippen LogP contribution in [-0.2, 0) is 27.9 Å². The third-order valence-electron chi connectivity index (χ3n) is 5.62. The number of aromatic nitrogens is 1. The molecule has 32 heavy (non-hydrogen) atoms. The Morgan fingerprint density at radius 1 is 1.09 bits per heavy atom. The molecule has 0 saturated heterocycles. The second kappa shape index (κ2) is 14.4. The highest BCUT2D eigenvalue weighted by Crippen LogP contribution is 2.26. The van der Waals surface area contributed by atoms with E-state index in [0.717, 1.165) is 31.4 Å². The van der Waals surface area contributed by atoms with Gasteiger partial charge in [0.2, 0.25) is 11.8 Å². The molecule has 0 saturated carbocycles. The summed E-state index contributed by atoms with van der Waals surface area (Å²) in [6.45, 7) is 16.1. The molecular formula is C26H47N3O3. The quantitative estimate of drug-likeness (QED) is 0.359. The van der Waals surface area contributed by atoms with Crippen LogP contribution in [0.3, 0.4) is 0 Å². The van der Waals surface area contributed by atoms with Gasteiger partial charge in [-0.25, -0.2) is 0 Å². The van der Waals surface area contributed by atoms with Crippen LogP contribution in [0.2, 0.25) is 0 Å². The van der Waals surface area contributed by atoms with E-state index >= 15 is 0 Å². The number of ether oxygens (including phenoxy) is 1. The Bertz CT molecular complexity index is 678. The summed E-state index contributed by atoms with van der Waals surface area (Å²) in [5, 5.41) is 0. The molecule has 1 unspecified atom stereocenters. The molecule has 0 aliphatic rings. The highest BCUT2D eigenvalue weighted by molar-refractivity contribution is 5.85. The van der Waals surface area contributed by atoms with Gasteiger partial charge < -0.3 is 19.1 Å². The molecule has 0 spiro atoms. The number of amides is 2. The van der Waals surface area contributed by atoms with Gasteiger partial charge in [-0.3, -0.25) is 9.59 Å². The number of hydrogen-bond donors (Lipinski definition) is 0. The Morgan fingerprint density at radius 2 is 1.78 bits per heavy atom. The Labute approximate surface area is 196 Å². The number of carbonyl (C=O) groups excluding carboxylic acids is 2. The van der Waals surface area contributed by atoms with E-state index in [4.69, 9.17) is 4.74 Å². The van der Waals surface area contributed by atoms with Crippen molar-refractivity contribution in [3.63, 3.8) is 0 Å². The van der Waals surface area contributed by atoms with Crippen LogP contribution in [0.1, 0.15) is 79.3 Å². The van der Waals surface area contributed by atoms with Crippen molar-refractivity contribution in [3.05, 3.63) is 24.0 Å². The molecule has 6 heteroatoms. The molecule has 1 heterocycles. The van der Waals surface area contributed by atoms with Crippen molar-refractivity contribution >= 4 is 11.8 Å². The Balaban J connectivity index is 2.86. The van der Waals surface area contributed by atoms with Crippen LogP contribution in [0.25, 0.3) is 0 Å². The van der Waals surface area contributed by atoms with Crippen molar-refractivity contribution in [3.8, 4) is 0 Å².